The molecule has 0 amide bonds. The lowest BCUT2D eigenvalue weighted by Crippen LogP contribution is -2.10. The monoisotopic (exact) mass is 355 g/mol. The third-order valence-corrected chi connectivity index (χ3v) is 4.81. The minimum atomic E-state index is 0.571. The van der Waals surface area contributed by atoms with Gasteiger partial charge in [-0.3, -0.25) is 5.01 Å². The van der Waals surface area contributed by atoms with Crippen molar-refractivity contribution >= 4 is 0 Å². The van der Waals surface area contributed by atoms with Crippen LogP contribution in [0.5, 0.6) is 0 Å². The Balaban J connectivity index is 1.57. The molecule has 0 fully saturated rings. The highest BCUT2D eigenvalue weighted by Gasteiger charge is 2.33. The molecule has 27 heavy (non-hydrogen) atoms. The fraction of sp³-hybridized carbons (Fsp3) is 0.208. The lowest BCUT2D eigenvalue weighted by atomic mass is 9.99. The number of benzene rings is 2. The smallest absolute Gasteiger partial charge is 0.161 e. The Labute approximate surface area is 161 Å². The van der Waals surface area contributed by atoms with Crippen molar-refractivity contribution in [3.8, 4) is 6.07 Å². The molecule has 1 aliphatic rings. The van der Waals surface area contributed by atoms with E-state index in [-0.39, 0.29) is 0 Å². The van der Waals surface area contributed by atoms with Crippen molar-refractivity contribution in [3.05, 3.63) is 106 Å². The van der Waals surface area contributed by atoms with E-state index in [0.29, 0.717) is 5.70 Å². The SMILES string of the molecule is C/C=C\C=C(/CCc1ccc(CCc2ccccc2)cc1)C1=C(C#N)N1N. The quantitative estimate of drug-likeness (QED) is 0.545. The first-order chi connectivity index (χ1) is 13.2. The maximum Gasteiger partial charge on any atom is 0.161 e. The molecule has 2 aromatic rings. The van der Waals surface area contributed by atoms with E-state index in [9.17, 15) is 0 Å². The third kappa shape index (κ3) is 4.97. The predicted molar refractivity (Wildman–Crippen MR) is 110 cm³/mol. The molecule has 3 rings (SSSR count). The first-order valence-electron chi connectivity index (χ1n) is 9.36. The van der Waals surface area contributed by atoms with Crippen LogP contribution in [0.3, 0.4) is 0 Å². The Kier molecular flexibility index (Phi) is 6.25. The number of nitriles is 1. The molecule has 2 aromatic carbocycles. The molecule has 0 unspecified atom stereocenters. The standard InChI is InChI=1S/C24H25N3/c1-2-3-9-22(24-23(18-25)27(24)26)17-16-21-14-12-20(13-15-21)11-10-19-7-5-4-6-8-19/h2-9,12-15H,10-11,16-17,26H2,1H3/b3-2-,22-9+. The van der Waals surface area contributed by atoms with E-state index in [0.717, 1.165) is 37.0 Å². The van der Waals surface area contributed by atoms with Crippen molar-refractivity contribution in [2.45, 2.75) is 32.6 Å². The summed E-state index contributed by atoms with van der Waals surface area (Å²) in [6, 6.07) is 21.6. The Bertz CT molecular complexity index is 897. The Morgan fingerprint density at radius 1 is 0.963 bits per heavy atom. The zero-order valence-electron chi connectivity index (χ0n) is 15.7. The van der Waals surface area contributed by atoms with Crippen molar-refractivity contribution in [2.24, 2.45) is 5.84 Å². The van der Waals surface area contributed by atoms with Crippen molar-refractivity contribution in [1.29, 1.82) is 5.26 Å². The van der Waals surface area contributed by atoms with Crippen LogP contribution in [-0.4, -0.2) is 5.01 Å². The van der Waals surface area contributed by atoms with Gasteiger partial charge in [-0.15, -0.1) is 0 Å². The second kappa shape index (κ2) is 9.02. The minimum absolute atomic E-state index is 0.571. The maximum absolute atomic E-state index is 9.10. The van der Waals surface area contributed by atoms with Gasteiger partial charge in [0.05, 0.1) is 5.70 Å². The summed E-state index contributed by atoms with van der Waals surface area (Å²) in [7, 11) is 0. The Morgan fingerprint density at radius 2 is 1.56 bits per heavy atom. The summed E-state index contributed by atoms with van der Waals surface area (Å²) in [5, 5.41) is 10.6. The molecular formula is C24H25N3. The van der Waals surface area contributed by atoms with Crippen LogP contribution >= 0.6 is 0 Å². The zero-order valence-corrected chi connectivity index (χ0v) is 15.7. The normalized spacial score (nSPS) is 14.0. The fourth-order valence-corrected chi connectivity index (χ4v) is 3.17. The van der Waals surface area contributed by atoms with Crippen LogP contribution in [0.4, 0.5) is 0 Å². The number of allylic oxidation sites excluding steroid dienone is 5. The number of rotatable bonds is 8. The molecule has 0 saturated carbocycles. The number of hydrogen-bond donors (Lipinski definition) is 1. The molecule has 1 aliphatic heterocycles. The lowest BCUT2D eigenvalue weighted by Gasteiger charge is -2.07. The largest absolute Gasteiger partial charge is 0.264 e. The molecular weight excluding hydrogens is 330 g/mol. The second-order valence-corrected chi connectivity index (χ2v) is 6.70. The van der Waals surface area contributed by atoms with Gasteiger partial charge in [0.25, 0.3) is 0 Å². The molecule has 0 saturated heterocycles. The van der Waals surface area contributed by atoms with Crippen LogP contribution in [-0.2, 0) is 19.3 Å². The molecule has 136 valence electrons. The van der Waals surface area contributed by atoms with Gasteiger partial charge in [0.2, 0.25) is 0 Å². The van der Waals surface area contributed by atoms with Gasteiger partial charge >= 0.3 is 0 Å². The van der Waals surface area contributed by atoms with Crippen LogP contribution in [0.1, 0.15) is 30.0 Å². The highest BCUT2D eigenvalue weighted by Crippen LogP contribution is 2.35. The van der Waals surface area contributed by atoms with E-state index >= 15 is 0 Å². The summed E-state index contributed by atoms with van der Waals surface area (Å²) >= 11 is 0. The number of hydrogen-bond acceptors (Lipinski definition) is 3. The number of nitrogens with two attached hydrogens (primary N) is 1. The van der Waals surface area contributed by atoms with E-state index in [1.807, 2.05) is 25.2 Å². The van der Waals surface area contributed by atoms with Gasteiger partial charge in [-0.05, 0) is 54.9 Å². The van der Waals surface area contributed by atoms with Crippen LogP contribution in [0.2, 0.25) is 0 Å². The number of aryl methyl sites for hydroxylation is 3. The second-order valence-electron chi connectivity index (χ2n) is 6.70. The van der Waals surface area contributed by atoms with E-state index in [4.69, 9.17) is 11.1 Å². The van der Waals surface area contributed by atoms with Crippen LogP contribution in [0.15, 0.2) is 89.8 Å². The summed E-state index contributed by atoms with van der Waals surface area (Å²) in [5.74, 6) is 5.84. The average Bonchev–Trinajstić information content (AvgIpc) is 3.37. The van der Waals surface area contributed by atoms with E-state index in [1.165, 1.54) is 21.7 Å². The van der Waals surface area contributed by atoms with Gasteiger partial charge in [-0.1, -0.05) is 72.8 Å². The molecule has 1 heterocycles. The van der Waals surface area contributed by atoms with Gasteiger partial charge in [0.1, 0.15) is 6.07 Å². The molecule has 0 spiro atoms. The number of hydrazine groups is 1. The fourth-order valence-electron chi connectivity index (χ4n) is 3.17. The summed E-state index contributed by atoms with van der Waals surface area (Å²) in [4.78, 5) is 0. The Morgan fingerprint density at radius 3 is 2.11 bits per heavy atom. The predicted octanol–water partition coefficient (Wildman–Crippen LogP) is 4.83. The zero-order chi connectivity index (χ0) is 19.1. The van der Waals surface area contributed by atoms with Crippen LogP contribution in [0.25, 0.3) is 0 Å². The van der Waals surface area contributed by atoms with Gasteiger partial charge in [-0.2, -0.15) is 5.26 Å². The number of nitrogens with zero attached hydrogens (tertiary/aromatic N) is 2. The maximum atomic E-state index is 9.10. The van der Waals surface area contributed by atoms with Crippen LogP contribution < -0.4 is 5.84 Å². The summed E-state index contributed by atoms with van der Waals surface area (Å²) in [5.41, 5.74) is 6.58. The topological polar surface area (TPSA) is 52.8 Å². The van der Waals surface area contributed by atoms with Crippen molar-refractivity contribution in [3.63, 3.8) is 0 Å². The van der Waals surface area contributed by atoms with Crippen molar-refractivity contribution in [2.75, 3.05) is 0 Å². The summed E-state index contributed by atoms with van der Waals surface area (Å²) in [6.45, 7) is 1.98. The highest BCUT2D eigenvalue weighted by molar-refractivity contribution is 5.53. The first kappa shape index (κ1) is 18.7. The molecule has 0 aromatic heterocycles. The first-order valence-corrected chi connectivity index (χ1v) is 9.36. The van der Waals surface area contributed by atoms with Gasteiger partial charge in [-0.25, -0.2) is 5.84 Å². The molecule has 3 nitrogen and oxygen atoms in total. The third-order valence-electron chi connectivity index (χ3n) is 4.81. The highest BCUT2D eigenvalue weighted by atomic mass is 15.5. The molecule has 0 atom stereocenters. The molecule has 2 N–H and O–H groups in total. The van der Waals surface area contributed by atoms with Crippen LogP contribution in [0, 0.1) is 11.3 Å². The molecule has 0 radical (unpaired) electrons. The average molecular weight is 355 g/mol. The van der Waals surface area contributed by atoms with E-state index in [2.05, 4.69) is 60.7 Å². The van der Waals surface area contributed by atoms with Gasteiger partial charge in [0.15, 0.2) is 5.70 Å². The van der Waals surface area contributed by atoms with Gasteiger partial charge < -0.3 is 0 Å². The van der Waals surface area contributed by atoms with Crippen molar-refractivity contribution < 1.29 is 0 Å². The minimum Gasteiger partial charge on any atom is -0.264 e. The van der Waals surface area contributed by atoms with Gasteiger partial charge in [0, 0.05) is 0 Å². The Hall–Kier alpha value is -3.09. The molecule has 0 bridgehead atoms. The van der Waals surface area contributed by atoms with E-state index < -0.39 is 0 Å². The summed E-state index contributed by atoms with van der Waals surface area (Å²) < 4.78 is 0. The van der Waals surface area contributed by atoms with E-state index in [1.54, 1.807) is 0 Å². The lowest BCUT2D eigenvalue weighted by molar-refractivity contribution is 0.606. The molecule has 3 heteroatoms. The summed E-state index contributed by atoms with van der Waals surface area (Å²) in [6.07, 6.45) is 9.94. The van der Waals surface area contributed by atoms with Crippen molar-refractivity contribution in [1.82, 2.24) is 5.01 Å². The molecule has 0 aliphatic carbocycles.